The van der Waals surface area contributed by atoms with Gasteiger partial charge in [0, 0.05) is 0 Å². The lowest BCUT2D eigenvalue weighted by molar-refractivity contribution is 1.45. The van der Waals surface area contributed by atoms with Gasteiger partial charge in [0.25, 0.3) is 0 Å². The molecule has 608 valence electrons. The highest BCUT2D eigenvalue weighted by molar-refractivity contribution is 5.85. The molecule has 20 rings (SSSR count). The molecule has 0 saturated carbocycles. The lowest BCUT2D eigenvalue weighted by atomic mass is 9.93. The fourth-order valence-corrected chi connectivity index (χ4v) is 15.7. The molecule has 0 spiro atoms. The van der Waals surface area contributed by atoms with Crippen molar-refractivity contribution in [3.8, 4) is 156 Å². The Morgan fingerprint density at radius 1 is 0.0873 bits per heavy atom. The van der Waals surface area contributed by atoms with Crippen LogP contribution in [0.2, 0.25) is 0 Å². The smallest absolute Gasteiger partial charge is 0.0154 e. The van der Waals surface area contributed by atoms with Crippen LogP contribution in [0.5, 0.6) is 0 Å². The zero-order valence-corrected chi connectivity index (χ0v) is 72.7. The van der Waals surface area contributed by atoms with Crippen LogP contribution in [0.25, 0.3) is 156 Å². The van der Waals surface area contributed by atoms with Crippen LogP contribution in [0.1, 0.15) is 33.4 Å². The number of rotatable bonds is 14. The molecule has 0 N–H and O–H groups in total. The normalized spacial score (nSPS) is 10.5. The van der Waals surface area contributed by atoms with Gasteiger partial charge in [-0.15, -0.1) is 0 Å². The van der Waals surface area contributed by atoms with Crippen molar-refractivity contribution in [1.29, 1.82) is 0 Å². The summed E-state index contributed by atoms with van der Waals surface area (Å²) in [6, 6.07) is 185. The minimum Gasteiger partial charge on any atom is -0.0622 e. The van der Waals surface area contributed by atoms with Crippen LogP contribution in [0.4, 0.5) is 0 Å². The fraction of sp³-hybridized carbons (Fsp3) is 0.0476. The van der Waals surface area contributed by atoms with Crippen LogP contribution in [-0.2, 0) is 0 Å². The maximum absolute atomic E-state index is 2.29. The summed E-state index contributed by atoms with van der Waals surface area (Å²) in [5.41, 5.74) is 43.1. The molecule has 0 nitrogen and oxygen atoms in total. The maximum atomic E-state index is 2.29. The van der Waals surface area contributed by atoms with E-state index in [-0.39, 0.29) is 0 Å². The van der Waals surface area contributed by atoms with Crippen molar-refractivity contribution in [2.24, 2.45) is 0 Å². The van der Waals surface area contributed by atoms with Gasteiger partial charge in [-0.2, -0.15) is 0 Å². The predicted molar refractivity (Wildman–Crippen MR) is 543 cm³/mol. The van der Waals surface area contributed by atoms with Crippen LogP contribution in [0.3, 0.4) is 0 Å². The Labute approximate surface area is 747 Å². The molecule has 0 unspecified atom stereocenters. The van der Waals surface area contributed by atoms with E-state index in [0.717, 1.165) is 0 Å². The van der Waals surface area contributed by atoms with E-state index >= 15 is 0 Å². The van der Waals surface area contributed by atoms with Gasteiger partial charge in [0.1, 0.15) is 0 Å². The Bertz CT molecular complexity index is 6600. The summed E-state index contributed by atoms with van der Waals surface area (Å²) in [6.45, 7) is 12.8. The highest BCUT2D eigenvalue weighted by Gasteiger charge is 2.13. The second-order valence-electron chi connectivity index (χ2n) is 32.0. The molecule has 0 radical (unpaired) electrons. The first-order chi connectivity index (χ1) is 61.9. The van der Waals surface area contributed by atoms with E-state index in [1.807, 2.05) is 12.1 Å². The van der Waals surface area contributed by atoms with Crippen molar-refractivity contribution < 1.29 is 0 Å². The molecule has 0 fully saturated rings. The molecule has 20 aromatic rings. The third-order valence-corrected chi connectivity index (χ3v) is 22.4. The lowest BCUT2D eigenvalue weighted by Gasteiger charge is -2.11. The van der Waals surface area contributed by atoms with Gasteiger partial charge in [-0.05, 0) is 263 Å². The third kappa shape index (κ3) is 23.8. The van der Waals surface area contributed by atoms with Crippen molar-refractivity contribution in [3.05, 3.63) is 555 Å². The molecular weight excluding hydrogens is 1510 g/mol. The largest absolute Gasteiger partial charge is 0.0622 e. The Morgan fingerprint density at radius 3 is 0.508 bits per heavy atom. The van der Waals surface area contributed by atoms with E-state index in [2.05, 4.69) is 551 Å². The molecule has 0 aliphatic rings. The summed E-state index contributed by atoms with van der Waals surface area (Å²) in [4.78, 5) is 0. The topological polar surface area (TPSA) is 0 Å². The number of hydrogen-bond donors (Lipinski definition) is 0. The lowest BCUT2D eigenvalue weighted by Crippen LogP contribution is -1.86. The molecule has 0 aromatic heterocycles. The van der Waals surface area contributed by atoms with E-state index in [1.54, 1.807) is 0 Å². The standard InChI is InChI=1S/2C25H20.4C19H16/c1-19-9-8-14-22(15-19)25-17-23(20-10-4-2-5-11-20)16-24(18-25)21-12-6-3-7-13-21;1-19-12-14-22(15-13-19)25-17-23(20-8-4-2-5-9-20)16-24(18-25)21-10-6-3-7-11-21;1-15-12-18(16-8-4-2-5-9-16)14-19(13-15)17-10-6-3-7-11-17;1-15-14-18(16-8-4-2-5-9-16)12-13-19(15)17-10-6-3-7-11-17;1-15-7-5-10-17(13-15)19-12-6-11-18(14-19)16-8-3-2-4-9-16;1-15-10-12-17(13-11-15)19-9-5-8-18(14-19)16-6-3-2-4-7-16/h2*2-18H,1H3;4*2-14H,1H3. The average molecular weight is 1620 g/mol. The van der Waals surface area contributed by atoms with Crippen LogP contribution in [0, 0.1) is 41.5 Å². The van der Waals surface area contributed by atoms with Crippen molar-refractivity contribution >= 4 is 0 Å². The van der Waals surface area contributed by atoms with E-state index in [1.165, 1.54) is 189 Å². The van der Waals surface area contributed by atoms with Gasteiger partial charge in [-0.3, -0.25) is 0 Å². The second kappa shape index (κ2) is 43.3. The van der Waals surface area contributed by atoms with E-state index < -0.39 is 0 Å². The molecule has 0 saturated heterocycles. The summed E-state index contributed by atoms with van der Waals surface area (Å²) in [5.74, 6) is 0. The van der Waals surface area contributed by atoms with E-state index in [0.29, 0.717) is 0 Å². The molecular formula is C126H104. The van der Waals surface area contributed by atoms with Crippen LogP contribution < -0.4 is 0 Å². The van der Waals surface area contributed by atoms with Gasteiger partial charge in [0.05, 0.1) is 0 Å². The van der Waals surface area contributed by atoms with Gasteiger partial charge in [0.2, 0.25) is 0 Å². The maximum Gasteiger partial charge on any atom is -0.0154 e. The molecule has 0 bridgehead atoms. The molecule has 0 heterocycles. The van der Waals surface area contributed by atoms with E-state index in [4.69, 9.17) is 0 Å². The van der Waals surface area contributed by atoms with Gasteiger partial charge in [0.15, 0.2) is 0 Å². The van der Waals surface area contributed by atoms with Crippen molar-refractivity contribution in [2.75, 3.05) is 0 Å². The summed E-state index contributed by atoms with van der Waals surface area (Å²) in [7, 11) is 0. The third-order valence-electron chi connectivity index (χ3n) is 22.4. The molecule has 0 amide bonds. The average Bonchev–Trinajstić information content (AvgIpc) is 0.819. The minimum atomic E-state index is 1.24. The Hall–Kier alpha value is -15.6. The highest BCUT2D eigenvalue weighted by Crippen LogP contribution is 2.38. The van der Waals surface area contributed by atoms with Gasteiger partial charge < -0.3 is 0 Å². The Balaban J connectivity index is 0.000000117. The van der Waals surface area contributed by atoms with Gasteiger partial charge in [-0.25, -0.2) is 0 Å². The first kappa shape index (κ1) is 85.4. The molecule has 0 aliphatic heterocycles. The molecule has 0 heteroatoms. The van der Waals surface area contributed by atoms with Gasteiger partial charge in [-0.1, -0.05) is 489 Å². The van der Waals surface area contributed by atoms with Crippen molar-refractivity contribution in [1.82, 2.24) is 0 Å². The van der Waals surface area contributed by atoms with Crippen molar-refractivity contribution in [3.63, 3.8) is 0 Å². The predicted octanol–water partition coefficient (Wildman–Crippen LogP) is 35.3. The van der Waals surface area contributed by atoms with Gasteiger partial charge >= 0.3 is 0 Å². The Kier molecular flexibility index (Phi) is 29.3. The van der Waals surface area contributed by atoms with Crippen LogP contribution in [-0.4, -0.2) is 0 Å². The zero-order valence-electron chi connectivity index (χ0n) is 72.7. The fourth-order valence-electron chi connectivity index (χ4n) is 15.7. The summed E-state index contributed by atoms with van der Waals surface area (Å²) in [5, 5.41) is 0. The molecule has 126 heavy (non-hydrogen) atoms. The molecule has 20 aromatic carbocycles. The SMILES string of the molecule is Cc1cc(-c2ccccc2)cc(-c2ccccc2)c1.Cc1cc(-c2ccccc2)ccc1-c1ccccc1.Cc1ccc(-c2cc(-c3ccccc3)cc(-c3ccccc3)c2)cc1.Cc1ccc(-c2cccc(-c3ccccc3)c2)cc1.Cc1cccc(-c2cc(-c3ccccc3)cc(-c3ccccc3)c2)c1.Cc1cccc(-c2cccc(-c3ccccc3)c2)c1. The monoisotopic (exact) mass is 1620 g/mol. The number of hydrogen-bond acceptors (Lipinski definition) is 0. The van der Waals surface area contributed by atoms with Crippen LogP contribution >= 0.6 is 0 Å². The van der Waals surface area contributed by atoms with Crippen LogP contribution in [0.15, 0.2) is 522 Å². The highest BCUT2D eigenvalue weighted by atomic mass is 14.2. The summed E-state index contributed by atoms with van der Waals surface area (Å²) >= 11 is 0. The van der Waals surface area contributed by atoms with E-state index in [9.17, 15) is 0 Å². The quantitative estimate of drug-likeness (QED) is 0.102. The molecule has 0 atom stereocenters. The molecule has 0 aliphatic carbocycles. The first-order valence-corrected chi connectivity index (χ1v) is 43.5. The zero-order chi connectivity index (χ0) is 86.4. The Morgan fingerprint density at radius 2 is 0.246 bits per heavy atom. The summed E-state index contributed by atoms with van der Waals surface area (Å²) in [6.07, 6.45) is 0. The second-order valence-corrected chi connectivity index (χ2v) is 32.0. The number of benzene rings is 20. The first-order valence-electron chi connectivity index (χ1n) is 43.5. The summed E-state index contributed by atoms with van der Waals surface area (Å²) < 4.78 is 0. The minimum absolute atomic E-state index is 1.24. The number of aryl methyl sites for hydroxylation is 6. The van der Waals surface area contributed by atoms with Crippen molar-refractivity contribution in [2.45, 2.75) is 41.5 Å².